The molecule has 1 N–H and O–H groups in total. The summed E-state index contributed by atoms with van der Waals surface area (Å²) >= 11 is 0. The van der Waals surface area contributed by atoms with Crippen LogP contribution in [0.2, 0.25) is 0 Å². The van der Waals surface area contributed by atoms with E-state index in [-0.39, 0.29) is 11.3 Å². The highest BCUT2D eigenvalue weighted by Crippen LogP contribution is 2.23. The van der Waals surface area contributed by atoms with E-state index in [1.54, 1.807) is 31.3 Å². The quantitative estimate of drug-likeness (QED) is 0.789. The highest BCUT2D eigenvalue weighted by Gasteiger charge is 2.11. The molecule has 5 heteroatoms. The van der Waals surface area contributed by atoms with E-state index in [0.29, 0.717) is 16.6 Å². The van der Waals surface area contributed by atoms with Crippen molar-refractivity contribution in [3.05, 3.63) is 71.0 Å². The Morgan fingerprint density at radius 2 is 1.73 bits per heavy atom. The number of pyridine rings is 1. The molecule has 0 unspecified atom stereocenters. The number of nitrogens with one attached hydrogen (secondary N) is 1. The number of ether oxygens (including phenoxy) is 1. The van der Waals surface area contributed by atoms with E-state index in [2.05, 4.69) is 5.32 Å². The van der Waals surface area contributed by atoms with Gasteiger partial charge in [-0.05, 0) is 24.3 Å². The number of amides is 1. The Kier molecular flexibility index (Phi) is 3.62. The first-order valence-electron chi connectivity index (χ1n) is 6.78. The fraction of sp³-hybridized carbons (Fsp3) is 0.0588. The molecular formula is C17H14N2O3. The highest BCUT2D eigenvalue weighted by atomic mass is 16.6. The van der Waals surface area contributed by atoms with Gasteiger partial charge in [0.25, 0.3) is 5.56 Å². The molecule has 0 atom stereocenters. The molecule has 22 heavy (non-hydrogen) atoms. The maximum absolute atomic E-state index is 12.0. The van der Waals surface area contributed by atoms with E-state index in [1.807, 2.05) is 30.3 Å². The van der Waals surface area contributed by atoms with Crippen molar-refractivity contribution < 1.29 is 9.53 Å². The van der Waals surface area contributed by atoms with Gasteiger partial charge in [-0.25, -0.2) is 4.79 Å². The maximum Gasteiger partial charge on any atom is 0.417 e. The number of aryl methyl sites for hydroxylation is 1. The predicted molar refractivity (Wildman–Crippen MR) is 85.3 cm³/mol. The molecule has 3 rings (SSSR count). The Hall–Kier alpha value is -3.08. The highest BCUT2D eigenvalue weighted by molar-refractivity contribution is 5.91. The number of nitrogens with zero attached hydrogens (tertiary/aromatic N) is 1. The van der Waals surface area contributed by atoms with Crippen molar-refractivity contribution in [1.29, 1.82) is 0 Å². The third-order valence-corrected chi connectivity index (χ3v) is 3.34. The average Bonchev–Trinajstić information content (AvgIpc) is 2.53. The van der Waals surface area contributed by atoms with Crippen LogP contribution in [0.4, 0.5) is 10.5 Å². The molecule has 3 aromatic rings. The number of anilines is 1. The van der Waals surface area contributed by atoms with Crippen LogP contribution in [0.3, 0.4) is 0 Å². The lowest BCUT2D eigenvalue weighted by molar-refractivity contribution is 0.215. The molecule has 0 bridgehead atoms. The summed E-state index contributed by atoms with van der Waals surface area (Å²) in [6, 6.07) is 17.6. The van der Waals surface area contributed by atoms with Gasteiger partial charge in [0.05, 0.1) is 5.52 Å². The van der Waals surface area contributed by atoms with Crippen LogP contribution < -0.4 is 15.6 Å². The molecule has 0 spiro atoms. The number of rotatable bonds is 2. The van der Waals surface area contributed by atoms with E-state index in [1.165, 1.54) is 10.6 Å². The zero-order chi connectivity index (χ0) is 15.5. The van der Waals surface area contributed by atoms with Gasteiger partial charge in [-0.1, -0.05) is 30.3 Å². The topological polar surface area (TPSA) is 60.3 Å². The molecule has 1 aromatic heterocycles. The second-order valence-corrected chi connectivity index (χ2v) is 4.80. The summed E-state index contributed by atoms with van der Waals surface area (Å²) in [5.74, 6) is 0.243. The van der Waals surface area contributed by atoms with E-state index < -0.39 is 6.09 Å². The molecule has 0 aliphatic heterocycles. The van der Waals surface area contributed by atoms with Crippen LogP contribution in [-0.2, 0) is 7.05 Å². The number of carbonyl (C=O) groups is 1. The van der Waals surface area contributed by atoms with E-state index >= 15 is 0 Å². The SMILES string of the molecule is Cn1c(=O)cc(OC(=O)Nc2ccccc2)c2ccccc21. The fourth-order valence-electron chi connectivity index (χ4n) is 2.23. The van der Waals surface area contributed by atoms with Crippen molar-refractivity contribution >= 4 is 22.7 Å². The van der Waals surface area contributed by atoms with Gasteiger partial charge in [-0.3, -0.25) is 10.1 Å². The van der Waals surface area contributed by atoms with Gasteiger partial charge < -0.3 is 9.30 Å². The van der Waals surface area contributed by atoms with E-state index in [0.717, 1.165) is 0 Å². The molecule has 110 valence electrons. The molecule has 0 saturated heterocycles. The summed E-state index contributed by atoms with van der Waals surface area (Å²) in [6.07, 6.45) is -0.635. The third kappa shape index (κ3) is 2.69. The number of benzene rings is 2. The van der Waals surface area contributed by atoms with Crippen LogP contribution in [0.15, 0.2) is 65.5 Å². The number of hydrogen-bond donors (Lipinski definition) is 1. The Bertz CT molecular complexity index is 885. The standard InChI is InChI=1S/C17H14N2O3/c1-19-14-10-6-5-9-13(14)15(11-16(19)20)22-17(21)18-12-7-3-2-4-8-12/h2-11H,1H3,(H,18,21). The Morgan fingerprint density at radius 3 is 2.50 bits per heavy atom. The lowest BCUT2D eigenvalue weighted by Gasteiger charge is -2.11. The van der Waals surface area contributed by atoms with Crippen LogP contribution in [-0.4, -0.2) is 10.7 Å². The van der Waals surface area contributed by atoms with Crippen LogP contribution in [0.1, 0.15) is 0 Å². The largest absolute Gasteiger partial charge is 0.417 e. The first-order valence-corrected chi connectivity index (χ1v) is 6.78. The van der Waals surface area contributed by atoms with Gasteiger partial charge in [0.15, 0.2) is 0 Å². The normalized spacial score (nSPS) is 10.4. The maximum atomic E-state index is 12.0. The third-order valence-electron chi connectivity index (χ3n) is 3.34. The minimum absolute atomic E-state index is 0.235. The first-order chi connectivity index (χ1) is 10.6. The van der Waals surface area contributed by atoms with Crippen LogP contribution in [0, 0.1) is 0 Å². The Balaban J connectivity index is 1.92. The number of hydrogen-bond acceptors (Lipinski definition) is 3. The van der Waals surface area contributed by atoms with Crippen LogP contribution >= 0.6 is 0 Å². The van der Waals surface area contributed by atoms with Gasteiger partial charge in [-0.15, -0.1) is 0 Å². The summed E-state index contributed by atoms with van der Waals surface area (Å²) in [4.78, 5) is 23.9. The molecule has 1 heterocycles. The zero-order valence-corrected chi connectivity index (χ0v) is 11.9. The molecule has 0 aliphatic rings. The van der Waals surface area contributed by atoms with Gasteiger partial charge in [-0.2, -0.15) is 0 Å². The van der Waals surface area contributed by atoms with Crippen molar-refractivity contribution in [2.75, 3.05) is 5.32 Å². The number of aromatic nitrogens is 1. The van der Waals surface area contributed by atoms with Gasteiger partial charge in [0, 0.05) is 24.2 Å². The number of carbonyl (C=O) groups excluding carboxylic acids is 1. The summed E-state index contributed by atoms with van der Waals surface area (Å²) in [7, 11) is 1.68. The summed E-state index contributed by atoms with van der Waals surface area (Å²) in [6.45, 7) is 0. The summed E-state index contributed by atoms with van der Waals surface area (Å²) in [5.41, 5.74) is 1.10. The Labute approximate surface area is 126 Å². The van der Waals surface area contributed by atoms with Crippen LogP contribution in [0.25, 0.3) is 10.9 Å². The lowest BCUT2D eigenvalue weighted by atomic mass is 10.2. The predicted octanol–water partition coefficient (Wildman–Crippen LogP) is 3.15. The first kappa shape index (κ1) is 13.9. The number of fused-ring (bicyclic) bond motifs is 1. The molecule has 1 amide bonds. The monoisotopic (exact) mass is 294 g/mol. The van der Waals surface area contributed by atoms with Crippen LogP contribution in [0.5, 0.6) is 5.75 Å². The molecule has 0 aliphatic carbocycles. The fourth-order valence-corrected chi connectivity index (χ4v) is 2.23. The minimum Gasteiger partial charge on any atom is -0.409 e. The second-order valence-electron chi connectivity index (χ2n) is 4.80. The molecular weight excluding hydrogens is 280 g/mol. The molecule has 0 radical (unpaired) electrons. The molecule has 0 fully saturated rings. The molecule has 5 nitrogen and oxygen atoms in total. The average molecular weight is 294 g/mol. The van der Waals surface area contributed by atoms with Crippen molar-refractivity contribution in [3.63, 3.8) is 0 Å². The smallest absolute Gasteiger partial charge is 0.409 e. The Morgan fingerprint density at radius 1 is 1.05 bits per heavy atom. The minimum atomic E-state index is -0.635. The number of para-hydroxylation sites is 2. The molecule has 0 saturated carbocycles. The van der Waals surface area contributed by atoms with E-state index in [4.69, 9.17) is 4.74 Å². The lowest BCUT2D eigenvalue weighted by Crippen LogP contribution is -2.20. The van der Waals surface area contributed by atoms with Crippen molar-refractivity contribution in [2.24, 2.45) is 7.05 Å². The summed E-state index contributed by atoms with van der Waals surface area (Å²) < 4.78 is 6.82. The molecule has 2 aromatic carbocycles. The van der Waals surface area contributed by atoms with Crippen molar-refractivity contribution in [1.82, 2.24) is 4.57 Å². The van der Waals surface area contributed by atoms with E-state index in [9.17, 15) is 9.59 Å². The van der Waals surface area contributed by atoms with Gasteiger partial charge in [0.1, 0.15) is 5.75 Å². The van der Waals surface area contributed by atoms with Crippen molar-refractivity contribution in [3.8, 4) is 5.75 Å². The van der Waals surface area contributed by atoms with Gasteiger partial charge >= 0.3 is 6.09 Å². The summed E-state index contributed by atoms with van der Waals surface area (Å²) in [5, 5.41) is 3.32. The van der Waals surface area contributed by atoms with Gasteiger partial charge in [0.2, 0.25) is 0 Å². The van der Waals surface area contributed by atoms with Crippen molar-refractivity contribution in [2.45, 2.75) is 0 Å². The zero-order valence-electron chi connectivity index (χ0n) is 11.9. The second kappa shape index (κ2) is 5.73.